The number of amides is 1. The number of aliphatic hydroxyl groups excluding tert-OH is 1. The Balaban J connectivity index is 3.20. The first-order valence-corrected chi connectivity index (χ1v) is 5.31. The number of nitro groups is 1. The first-order valence-electron chi connectivity index (χ1n) is 5.31. The van der Waals surface area contributed by atoms with Gasteiger partial charge in [0.05, 0.1) is 22.7 Å². The molecule has 1 aromatic carbocycles. The quantitative estimate of drug-likeness (QED) is 0.663. The summed E-state index contributed by atoms with van der Waals surface area (Å²) in [5.74, 6) is -3.42. The van der Waals surface area contributed by atoms with Crippen molar-refractivity contribution in [1.29, 1.82) is 0 Å². The summed E-state index contributed by atoms with van der Waals surface area (Å²) in [5.41, 5.74) is -1.84. The fourth-order valence-electron chi connectivity index (χ4n) is 1.55. The highest BCUT2D eigenvalue weighted by Crippen LogP contribution is 2.23. The van der Waals surface area contributed by atoms with Crippen LogP contribution in [0.3, 0.4) is 0 Å². The van der Waals surface area contributed by atoms with Crippen LogP contribution in [0.5, 0.6) is 0 Å². The number of benzene rings is 1. The van der Waals surface area contributed by atoms with E-state index in [-0.39, 0.29) is 6.54 Å². The predicted octanol–water partition coefficient (Wildman–Crippen LogP) is 1.33. The molecule has 6 nitrogen and oxygen atoms in total. The van der Waals surface area contributed by atoms with E-state index in [1.165, 1.54) is 14.0 Å². The van der Waals surface area contributed by atoms with Crippen LogP contribution in [-0.4, -0.2) is 40.5 Å². The largest absolute Gasteiger partial charge is 0.392 e. The van der Waals surface area contributed by atoms with Crippen LogP contribution in [0.25, 0.3) is 0 Å². The van der Waals surface area contributed by atoms with Crippen molar-refractivity contribution in [2.75, 3.05) is 13.6 Å². The minimum absolute atomic E-state index is 0.109. The van der Waals surface area contributed by atoms with E-state index < -0.39 is 39.8 Å². The van der Waals surface area contributed by atoms with Gasteiger partial charge in [0.25, 0.3) is 5.91 Å². The Morgan fingerprint density at radius 2 is 2.11 bits per heavy atom. The number of hydrogen-bond donors (Lipinski definition) is 1. The van der Waals surface area contributed by atoms with Crippen molar-refractivity contribution in [2.45, 2.75) is 13.0 Å². The van der Waals surface area contributed by atoms with Crippen LogP contribution in [0.15, 0.2) is 12.1 Å². The van der Waals surface area contributed by atoms with Crippen molar-refractivity contribution < 1.29 is 23.6 Å². The van der Waals surface area contributed by atoms with E-state index in [9.17, 15) is 23.7 Å². The van der Waals surface area contributed by atoms with E-state index in [0.29, 0.717) is 12.1 Å². The second-order valence-corrected chi connectivity index (χ2v) is 4.08. The van der Waals surface area contributed by atoms with E-state index in [0.717, 1.165) is 4.90 Å². The number of aliphatic hydroxyl groups is 1. The van der Waals surface area contributed by atoms with Gasteiger partial charge in [-0.25, -0.2) is 4.39 Å². The average molecular weight is 274 g/mol. The fraction of sp³-hybridized carbons (Fsp3) is 0.364. The van der Waals surface area contributed by atoms with E-state index in [2.05, 4.69) is 0 Å². The molecular formula is C11H12F2N2O4. The van der Waals surface area contributed by atoms with Crippen LogP contribution in [0, 0.1) is 21.7 Å². The maximum Gasteiger partial charge on any atom is 0.308 e. The standard InChI is InChI=1S/C11H12F2N2O4/c1-6(16)5-14(2)11(17)8-3-7(12)4-9(10(8)13)15(18)19/h3-4,6,16H,5H2,1-2H3. The normalized spacial score (nSPS) is 12.1. The number of halogens is 2. The van der Waals surface area contributed by atoms with Gasteiger partial charge in [0, 0.05) is 13.6 Å². The molecule has 1 rings (SSSR count). The lowest BCUT2D eigenvalue weighted by Crippen LogP contribution is -2.33. The Kier molecular flexibility index (Phi) is 4.49. The molecule has 0 saturated carbocycles. The van der Waals surface area contributed by atoms with E-state index in [4.69, 9.17) is 5.11 Å². The number of likely N-dealkylation sites (N-methyl/N-ethyl adjacent to an activating group) is 1. The van der Waals surface area contributed by atoms with Crippen LogP contribution in [0.2, 0.25) is 0 Å². The Morgan fingerprint density at radius 3 is 2.58 bits per heavy atom. The molecule has 1 unspecified atom stereocenters. The second kappa shape index (κ2) is 5.70. The molecule has 1 atom stereocenters. The Hall–Kier alpha value is -2.09. The minimum atomic E-state index is -1.39. The zero-order valence-corrected chi connectivity index (χ0v) is 10.3. The molecule has 1 N–H and O–H groups in total. The third-order valence-corrected chi connectivity index (χ3v) is 2.33. The summed E-state index contributed by atoms with van der Waals surface area (Å²) in [7, 11) is 1.27. The molecular weight excluding hydrogens is 262 g/mol. The number of carbonyl (C=O) groups is 1. The topological polar surface area (TPSA) is 83.7 Å². The minimum Gasteiger partial charge on any atom is -0.392 e. The monoisotopic (exact) mass is 274 g/mol. The van der Waals surface area contributed by atoms with Gasteiger partial charge < -0.3 is 10.0 Å². The Bertz CT molecular complexity index is 520. The van der Waals surface area contributed by atoms with Crippen molar-refractivity contribution in [1.82, 2.24) is 4.90 Å². The highest BCUT2D eigenvalue weighted by Gasteiger charge is 2.26. The van der Waals surface area contributed by atoms with Gasteiger partial charge in [-0.1, -0.05) is 0 Å². The second-order valence-electron chi connectivity index (χ2n) is 4.08. The average Bonchev–Trinajstić information content (AvgIpc) is 2.29. The van der Waals surface area contributed by atoms with Gasteiger partial charge >= 0.3 is 5.69 Å². The van der Waals surface area contributed by atoms with Gasteiger partial charge in [-0.15, -0.1) is 0 Å². The molecule has 8 heteroatoms. The van der Waals surface area contributed by atoms with Crippen molar-refractivity contribution in [2.24, 2.45) is 0 Å². The van der Waals surface area contributed by atoms with Gasteiger partial charge in [-0.2, -0.15) is 4.39 Å². The maximum atomic E-state index is 13.7. The third-order valence-electron chi connectivity index (χ3n) is 2.33. The molecule has 0 spiro atoms. The summed E-state index contributed by atoms with van der Waals surface area (Å²) < 4.78 is 26.9. The lowest BCUT2D eigenvalue weighted by molar-refractivity contribution is -0.387. The fourth-order valence-corrected chi connectivity index (χ4v) is 1.55. The summed E-state index contributed by atoms with van der Waals surface area (Å²) in [6.07, 6.45) is -0.861. The first kappa shape index (κ1) is 15.0. The number of nitro benzene ring substituents is 1. The highest BCUT2D eigenvalue weighted by atomic mass is 19.1. The van der Waals surface area contributed by atoms with Gasteiger partial charge in [0.1, 0.15) is 5.82 Å². The van der Waals surface area contributed by atoms with Crippen LogP contribution in [0.1, 0.15) is 17.3 Å². The summed E-state index contributed by atoms with van der Waals surface area (Å²) in [5, 5.41) is 19.6. The van der Waals surface area contributed by atoms with Crippen LogP contribution in [0.4, 0.5) is 14.5 Å². The smallest absolute Gasteiger partial charge is 0.308 e. The van der Waals surface area contributed by atoms with Gasteiger partial charge in [-0.3, -0.25) is 14.9 Å². The first-order chi connectivity index (χ1) is 8.73. The summed E-state index contributed by atoms with van der Waals surface area (Å²) in [4.78, 5) is 22.2. The van der Waals surface area contributed by atoms with Crippen LogP contribution in [-0.2, 0) is 0 Å². The molecule has 1 amide bonds. The lowest BCUT2D eigenvalue weighted by Gasteiger charge is -2.19. The number of nitrogens with zero attached hydrogens (tertiary/aromatic N) is 2. The molecule has 0 fully saturated rings. The van der Waals surface area contributed by atoms with Crippen molar-refractivity contribution in [3.63, 3.8) is 0 Å². The predicted molar refractivity (Wildman–Crippen MR) is 61.7 cm³/mol. The highest BCUT2D eigenvalue weighted by molar-refractivity contribution is 5.95. The Labute approximate surface area is 107 Å². The molecule has 0 radical (unpaired) electrons. The van der Waals surface area contributed by atoms with E-state index in [1.54, 1.807) is 0 Å². The number of rotatable bonds is 4. The SMILES string of the molecule is CC(O)CN(C)C(=O)c1cc(F)cc([N+](=O)[O-])c1F. The number of hydrogen-bond acceptors (Lipinski definition) is 4. The van der Waals surface area contributed by atoms with Gasteiger partial charge in [0.2, 0.25) is 5.82 Å². The lowest BCUT2D eigenvalue weighted by atomic mass is 10.1. The molecule has 19 heavy (non-hydrogen) atoms. The Morgan fingerprint density at radius 1 is 1.53 bits per heavy atom. The zero-order chi connectivity index (χ0) is 14.7. The zero-order valence-electron chi connectivity index (χ0n) is 10.3. The summed E-state index contributed by atoms with van der Waals surface area (Å²) in [6, 6.07) is 0.990. The van der Waals surface area contributed by atoms with Gasteiger partial charge in [0.15, 0.2) is 0 Å². The van der Waals surface area contributed by atoms with E-state index in [1.807, 2.05) is 0 Å². The van der Waals surface area contributed by atoms with Crippen molar-refractivity contribution in [3.8, 4) is 0 Å². The van der Waals surface area contributed by atoms with E-state index >= 15 is 0 Å². The van der Waals surface area contributed by atoms with Crippen molar-refractivity contribution >= 4 is 11.6 Å². The third kappa shape index (κ3) is 3.44. The number of carbonyl (C=O) groups excluding carboxylic acids is 1. The molecule has 0 aliphatic carbocycles. The summed E-state index contributed by atoms with van der Waals surface area (Å²) >= 11 is 0. The molecule has 0 aliphatic heterocycles. The molecule has 0 aromatic heterocycles. The molecule has 0 aliphatic rings. The van der Waals surface area contributed by atoms with Crippen LogP contribution >= 0.6 is 0 Å². The molecule has 0 bridgehead atoms. The molecule has 0 heterocycles. The maximum absolute atomic E-state index is 13.7. The molecule has 1 aromatic rings. The van der Waals surface area contributed by atoms with Crippen LogP contribution < -0.4 is 0 Å². The van der Waals surface area contributed by atoms with Crippen molar-refractivity contribution in [3.05, 3.63) is 39.4 Å². The van der Waals surface area contributed by atoms with Gasteiger partial charge in [-0.05, 0) is 13.0 Å². The summed E-state index contributed by atoms with van der Waals surface area (Å²) in [6.45, 7) is 1.30. The molecule has 104 valence electrons. The molecule has 0 saturated heterocycles.